The standard InChI is InChI=1S/C35H35NO5/c36-21-31-33(38-23-28-15-7-2-8-16-28)35(40-25-30-19-11-4-12-20-30)34(39-24-29-17-9-3-10-18-29)32(41-31)26-37-22-27-13-5-1-6-14-27/h1-20,31-35H,22-26H2/t31?,32-,33-,34-,35-/m1/s1/i22D,23D,24D,25D/t22?,23?,24?,25?,31?,32-,33-,34-,35-. The molecule has 0 aromatic heterocycles. The van der Waals surface area contributed by atoms with Crippen LogP contribution in [0.5, 0.6) is 0 Å². The van der Waals surface area contributed by atoms with Crippen LogP contribution < -0.4 is 0 Å². The van der Waals surface area contributed by atoms with Crippen LogP contribution in [0.4, 0.5) is 0 Å². The van der Waals surface area contributed by atoms with Gasteiger partial charge >= 0.3 is 0 Å². The highest BCUT2D eigenvalue weighted by atomic mass is 16.6. The molecule has 4 aromatic rings. The number of nitrogens with zero attached hydrogens (tertiary/aromatic N) is 1. The summed E-state index contributed by atoms with van der Waals surface area (Å²) in [5.74, 6) is 0. The third kappa shape index (κ3) is 8.34. The lowest BCUT2D eigenvalue weighted by Crippen LogP contribution is -2.60. The summed E-state index contributed by atoms with van der Waals surface area (Å²) in [5, 5.41) is 10.3. The number of benzene rings is 4. The van der Waals surface area contributed by atoms with E-state index in [1.807, 2.05) is 36.4 Å². The summed E-state index contributed by atoms with van der Waals surface area (Å²) in [6.07, 6.45) is -5.58. The summed E-state index contributed by atoms with van der Waals surface area (Å²) in [6.45, 7) is -4.81. The van der Waals surface area contributed by atoms with Gasteiger partial charge in [-0.05, 0) is 22.3 Å². The molecule has 0 amide bonds. The number of hydrogen-bond donors (Lipinski definition) is 0. The number of nitriles is 1. The molecule has 41 heavy (non-hydrogen) atoms. The predicted octanol–water partition coefficient (Wildman–Crippen LogP) is 6.25. The zero-order valence-corrected chi connectivity index (χ0v) is 22.4. The van der Waals surface area contributed by atoms with Crippen LogP contribution in [0.25, 0.3) is 0 Å². The van der Waals surface area contributed by atoms with Gasteiger partial charge < -0.3 is 23.7 Å². The maximum Gasteiger partial charge on any atom is 0.173 e. The molecule has 5 unspecified atom stereocenters. The van der Waals surface area contributed by atoms with Crippen molar-refractivity contribution in [3.63, 3.8) is 0 Å². The van der Waals surface area contributed by atoms with E-state index in [1.54, 1.807) is 84.9 Å². The number of hydrogen-bond acceptors (Lipinski definition) is 6. The zero-order valence-electron chi connectivity index (χ0n) is 26.4. The van der Waals surface area contributed by atoms with Crippen LogP contribution in [-0.4, -0.2) is 37.1 Å². The van der Waals surface area contributed by atoms with Crippen molar-refractivity contribution in [3.8, 4) is 6.07 Å². The van der Waals surface area contributed by atoms with Gasteiger partial charge in [0, 0.05) is 0 Å². The lowest BCUT2D eigenvalue weighted by molar-refractivity contribution is -0.261. The monoisotopic (exact) mass is 553 g/mol. The van der Waals surface area contributed by atoms with Crippen LogP contribution in [-0.2, 0) is 50.0 Å². The third-order valence-electron chi connectivity index (χ3n) is 6.52. The highest BCUT2D eigenvalue weighted by molar-refractivity contribution is 5.17. The van der Waals surface area contributed by atoms with Crippen LogP contribution in [0, 0.1) is 11.3 Å². The Balaban J connectivity index is 1.49. The van der Waals surface area contributed by atoms with Gasteiger partial charge in [-0.25, -0.2) is 0 Å². The fraction of sp³-hybridized carbons (Fsp3) is 0.286. The first-order valence-corrected chi connectivity index (χ1v) is 13.5. The highest BCUT2D eigenvalue weighted by Crippen LogP contribution is 2.31. The molecule has 0 aliphatic carbocycles. The fourth-order valence-electron chi connectivity index (χ4n) is 4.46. The largest absolute Gasteiger partial charge is 0.374 e. The molecule has 1 saturated heterocycles. The molecule has 0 saturated carbocycles. The van der Waals surface area contributed by atoms with Crippen molar-refractivity contribution in [1.82, 2.24) is 0 Å². The van der Waals surface area contributed by atoms with Gasteiger partial charge in [-0.15, -0.1) is 0 Å². The maximum atomic E-state index is 10.3. The van der Waals surface area contributed by atoms with E-state index in [0.29, 0.717) is 22.3 Å². The van der Waals surface area contributed by atoms with E-state index in [1.165, 1.54) is 0 Å². The molecule has 0 N–H and O–H groups in total. The molecule has 1 fully saturated rings. The van der Waals surface area contributed by atoms with E-state index in [-0.39, 0.29) is 6.61 Å². The minimum absolute atomic E-state index is 0.170. The Kier molecular flexibility index (Phi) is 8.86. The maximum absolute atomic E-state index is 10.3. The molecule has 1 aliphatic rings. The molecule has 0 spiro atoms. The van der Waals surface area contributed by atoms with Crippen molar-refractivity contribution >= 4 is 0 Å². The average molecular weight is 554 g/mol. The molecule has 5 rings (SSSR count). The Morgan fingerprint density at radius 3 is 1.39 bits per heavy atom. The van der Waals surface area contributed by atoms with Crippen molar-refractivity contribution in [2.75, 3.05) is 6.61 Å². The fourth-order valence-corrected chi connectivity index (χ4v) is 4.46. The average Bonchev–Trinajstić information content (AvgIpc) is 3.10. The van der Waals surface area contributed by atoms with E-state index in [0.717, 1.165) is 0 Å². The van der Waals surface area contributed by atoms with Crippen LogP contribution in [0.2, 0.25) is 0 Å². The molecule has 1 aliphatic heterocycles. The van der Waals surface area contributed by atoms with Gasteiger partial charge in [0.15, 0.2) is 6.10 Å². The second kappa shape index (κ2) is 15.2. The Morgan fingerprint density at radius 2 is 0.951 bits per heavy atom. The molecule has 6 nitrogen and oxygen atoms in total. The second-order valence-corrected chi connectivity index (χ2v) is 9.47. The van der Waals surface area contributed by atoms with Crippen LogP contribution >= 0.6 is 0 Å². The Morgan fingerprint density at radius 1 is 0.561 bits per heavy atom. The normalized spacial score (nSPS) is 26.7. The molecule has 6 heteroatoms. The van der Waals surface area contributed by atoms with Gasteiger partial charge in [-0.1, -0.05) is 121 Å². The van der Waals surface area contributed by atoms with Crippen molar-refractivity contribution in [2.24, 2.45) is 0 Å². The summed E-state index contributed by atoms with van der Waals surface area (Å²) >= 11 is 0. The van der Waals surface area contributed by atoms with E-state index in [9.17, 15) is 5.26 Å². The Hall–Kier alpha value is -3.83. The minimum Gasteiger partial charge on any atom is -0.374 e. The van der Waals surface area contributed by atoms with E-state index >= 15 is 0 Å². The molecule has 4 aromatic carbocycles. The summed E-state index contributed by atoms with van der Waals surface area (Å²) in [4.78, 5) is 0. The van der Waals surface area contributed by atoms with Crippen molar-refractivity contribution in [1.29, 1.82) is 5.26 Å². The van der Waals surface area contributed by atoms with Crippen molar-refractivity contribution in [3.05, 3.63) is 144 Å². The van der Waals surface area contributed by atoms with Gasteiger partial charge in [0.25, 0.3) is 0 Å². The lowest BCUT2D eigenvalue weighted by atomic mass is 9.94. The summed E-state index contributed by atoms with van der Waals surface area (Å²) < 4.78 is 66.0. The molecular weight excluding hydrogens is 514 g/mol. The molecular formula is C35H35NO5. The topological polar surface area (TPSA) is 69.9 Å². The Labute approximate surface area is 247 Å². The molecule has 0 radical (unpaired) electrons. The van der Waals surface area contributed by atoms with Crippen molar-refractivity contribution in [2.45, 2.75) is 56.9 Å². The smallest absolute Gasteiger partial charge is 0.173 e. The van der Waals surface area contributed by atoms with Gasteiger partial charge in [0.2, 0.25) is 0 Å². The van der Waals surface area contributed by atoms with Gasteiger partial charge in [-0.3, -0.25) is 0 Å². The molecule has 0 bridgehead atoms. The van der Waals surface area contributed by atoms with Gasteiger partial charge in [0.05, 0.1) is 44.5 Å². The number of rotatable bonds is 13. The minimum atomic E-state index is -1.23. The van der Waals surface area contributed by atoms with E-state index < -0.39 is 56.9 Å². The highest BCUT2D eigenvalue weighted by Gasteiger charge is 2.48. The van der Waals surface area contributed by atoms with Gasteiger partial charge in [0.1, 0.15) is 24.4 Å². The molecule has 9 atom stereocenters. The van der Waals surface area contributed by atoms with E-state index in [2.05, 4.69) is 6.07 Å². The summed E-state index contributed by atoms with van der Waals surface area (Å²) in [6, 6.07) is 37.9. The van der Waals surface area contributed by atoms with Crippen LogP contribution in [0.1, 0.15) is 27.7 Å². The molecule has 210 valence electrons. The second-order valence-electron chi connectivity index (χ2n) is 9.47. The quantitative estimate of drug-likeness (QED) is 0.195. The first-order valence-electron chi connectivity index (χ1n) is 15.8. The van der Waals surface area contributed by atoms with Crippen LogP contribution in [0.3, 0.4) is 0 Å². The van der Waals surface area contributed by atoms with E-state index in [4.69, 9.17) is 29.2 Å². The first kappa shape index (κ1) is 23.8. The molecule has 1 heterocycles. The first-order chi connectivity index (χ1) is 21.9. The van der Waals surface area contributed by atoms with Gasteiger partial charge in [-0.2, -0.15) is 5.26 Å². The van der Waals surface area contributed by atoms with Crippen molar-refractivity contribution < 1.29 is 29.2 Å². The zero-order chi connectivity index (χ0) is 31.6. The number of ether oxygens (including phenoxy) is 5. The third-order valence-corrected chi connectivity index (χ3v) is 6.52. The summed E-state index contributed by atoms with van der Waals surface area (Å²) in [5.41, 5.74) is 2.33. The predicted molar refractivity (Wildman–Crippen MR) is 155 cm³/mol. The summed E-state index contributed by atoms with van der Waals surface area (Å²) in [7, 11) is 0. The Bertz CT molecular complexity index is 1480. The lowest BCUT2D eigenvalue weighted by Gasteiger charge is -2.44. The SMILES string of the molecule is [2H]C(OC[C@H]1OC(C#N)[C@@H](OC([2H])c2ccccc2)[C@@H](OC([2H])c2ccccc2)[C@@H]1OC([2H])c1ccccc1)c1ccccc1. The van der Waals surface area contributed by atoms with Crippen LogP contribution in [0.15, 0.2) is 121 Å².